The van der Waals surface area contributed by atoms with Crippen molar-refractivity contribution in [2.75, 3.05) is 0 Å². The van der Waals surface area contributed by atoms with E-state index in [2.05, 4.69) is 5.32 Å². The van der Waals surface area contributed by atoms with Crippen LogP contribution in [0.1, 0.15) is 11.1 Å². The summed E-state index contributed by atoms with van der Waals surface area (Å²) in [6, 6.07) is 17.5. The van der Waals surface area contributed by atoms with Crippen LogP contribution in [-0.4, -0.2) is 29.3 Å². The fraction of sp³-hybridized carbons (Fsp3) is 0.222. The second kappa shape index (κ2) is 8.69. The predicted octanol–water partition coefficient (Wildman–Crippen LogP) is 1.37. The van der Waals surface area contributed by atoms with Crippen LogP contribution in [0.2, 0.25) is 0 Å². The first-order valence-electron chi connectivity index (χ1n) is 7.55. The fourth-order valence-electron chi connectivity index (χ4n) is 2.22. The number of benzene rings is 2. The van der Waals surface area contributed by atoms with Crippen LogP contribution in [0.25, 0.3) is 0 Å². The molecule has 2 rings (SSSR count). The van der Waals surface area contributed by atoms with Crippen LogP contribution in [0, 0.1) is 0 Å². The number of ether oxygens (including phenoxy) is 1. The summed E-state index contributed by atoms with van der Waals surface area (Å²) >= 11 is 0. The highest BCUT2D eigenvalue weighted by molar-refractivity contribution is 5.80. The van der Waals surface area contributed by atoms with Crippen LogP contribution in [-0.2, 0) is 22.6 Å². The van der Waals surface area contributed by atoms with Crippen molar-refractivity contribution in [3.63, 3.8) is 0 Å². The number of carbonyl (C=O) groups is 2. The van der Waals surface area contributed by atoms with E-state index < -0.39 is 24.1 Å². The maximum Gasteiger partial charge on any atom is 0.407 e. The van der Waals surface area contributed by atoms with Gasteiger partial charge in [0.05, 0.1) is 6.04 Å². The molecule has 0 heterocycles. The minimum Gasteiger partial charge on any atom is -0.445 e. The fourth-order valence-corrected chi connectivity index (χ4v) is 2.22. The standard InChI is InChI=1S/C18H20N2O4/c19-17(22)16(21)15(11-13-7-3-1-4-8-13)20-18(23)24-12-14-9-5-2-6-10-14/h1-10,15-16,21H,11-12H2,(H2,19,22)(H,20,23)/t15-,16?/m1/s1. The molecule has 6 nitrogen and oxygen atoms in total. The lowest BCUT2D eigenvalue weighted by Crippen LogP contribution is -2.50. The van der Waals surface area contributed by atoms with Crippen LogP contribution in [0.3, 0.4) is 0 Å². The van der Waals surface area contributed by atoms with Gasteiger partial charge >= 0.3 is 6.09 Å². The zero-order chi connectivity index (χ0) is 17.4. The average molecular weight is 328 g/mol. The molecule has 6 heteroatoms. The number of nitrogens with one attached hydrogen (secondary N) is 1. The van der Waals surface area contributed by atoms with Crippen molar-refractivity contribution in [1.29, 1.82) is 0 Å². The third-order valence-electron chi connectivity index (χ3n) is 3.49. The van der Waals surface area contributed by atoms with E-state index in [0.717, 1.165) is 11.1 Å². The van der Waals surface area contributed by atoms with E-state index in [1.54, 1.807) is 0 Å². The average Bonchev–Trinajstić information content (AvgIpc) is 2.60. The molecule has 1 unspecified atom stereocenters. The maximum atomic E-state index is 11.9. The molecular weight excluding hydrogens is 308 g/mol. The lowest BCUT2D eigenvalue weighted by Gasteiger charge is -2.22. The number of primary amides is 1. The van der Waals surface area contributed by atoms with Gasteiger partial charge in [0.1, 0.15) is 6.61 Å². The highest BCUT2D eigenvalue weighted by Gasteiger charge is 2.26. The molecule has 0 aliphatic carbocycles. The van der Waals surface area contributed by atoms with Gasteiger partial charge in [0.25, 0.3) is 0 Å². The third kappa shape index (κ3) is 5.40. The van der Waals surface area contributed by atoms with Gasteiger partial charge in [-0.25, -0.2) is 4.79 Å². The van der Waals surface area contributed by atoms with Gasteiger partial charge in [-0.15, -0.1) is 0 Å². The van der Waals surface area contributed by atoms with E-state index in [1.807, 2.05) is 60.7 Å². The summed E-state index contributed by atoms with van der Waals surface area (Å²) in [5.74, 6) is -0.903. The van der Waals surface area contributed by atoms with E-state index in [-0.39, 0.29) is 13.0 Å². The zero-order valence-corrected chi connectivity index (χ0v) is 13.1. The lowest BCUT2D eigenvalue weighted by atomic mass is 10.0. The molecule has 0 aliphatic heterocycles. The van der Waals surface area contributed by atoms with Crippen LogP contribution in [0.4, 0.5) is 4.79 Å². The normalized spacial score (nSPS) is 12.9. The first kappa shape index (κ1) is 17.5. The third-order valence-corrected chi connectivity index (χ3v) is 3.49. The number of hydrogen-bond acceptors (Lipinski definition) is 4. The van der Waals surface area contributed by atoms with Crippen molar-refractivity contribution in [3.8, 4) is 0 Å². The van der Waals surface area contributed by atoms with E-state index in [4.69, 9.17) is 10.5 Å². The summed E-state index contributed by atoms with van der Waals surface area (Å²) in [6.07, 6.45) is -1.97. The predicted molar refractivity (Wildman–Crippen MR) is 88.9 cm³/mol. The molecule has 0 saturated heterocycles. The van der Waals surface area contributed by atoms with Crippen molar-refractivity contribution in [1.82, 2.24) is 5.32 Å². The molecule has 2 aromatic carbocycles. The minimum atomic E-state index is -1.51. The Morgan fingerprint density at radius 1 is 1.00 bits per heavy atom. The van der Waals surface area contributed by atoms with Crippen molar-refractivity contribution in [2.45, 2.75) is 25.2 Å². The highest BCUT2D eigenvalue weighted by Crippen LogP contribution is 2.07. The molecule has 0 fully saturated rings. The van der Waals surface area contributed by atoms with Gasteiger partial charge in [0.2, 0.25) is 5.91 Å². The topological polar surface area (TPSA) is 102 Å². The Hall–Kier alpha value is -2.86. The SMILES string of the molecule is NC(=O)C(O)[C@@H](Cc1ccccc1)NC(=O)OCc1ccccc1. The number of nitrogens with two attached hydrogens (primary N) is 1. The first-order chi connectivity index (χ1) is 11.6. The van der Waals surface area contributed by atoms with E-state index in [9.17, 15) is 14.7 Å². The van der Waals surface area contributed by atoms with Crippen molar-refractivity contribution in [3.05, 3.63) is 71.8 Å². The van der Waals surface area contributed by atoms with E-state index in [1.165, 1.54) is 0 Å². The summed E-state index contributed by atoms with van der Waals surface area (Å²) in [4.78, 5) is 23.2. The van der Waals surface area contributed by atoms with Crippen LogP contribution in [0.15, 0.2) is 60.7 Å². The number of carbonyl (C=O) groups excluding carboxylic acids is 2. The molecule has 24 heavy (non-hydrogen) atoms. The van der Waals surface area contributed by atoms with Gasteiger partial charge in [-0.05, 0) is 17.5 Å². The molecule has 2 aromatic rings. The largest absolute Gasteiger partial charge is 0.445 e. The molecule has 0 saturated carbocycles. The summed E-state index contributed by atoms with van der Waals surface area (Å²) in [5, 5.41) is 12.4. The van der Waals surface area contributed by atoms with Gasteiger partial charge in [0, 0.05) is 0 Å². The highest BCUT2D eigenvalue weighted by atomic mass is 16.5. The van der Waals surface area contributed by atoms with Crippen molar-refractivity contribution in [2.24, 2.45) is 5.73 Å². The molecule has 2 atom stereocenters. The molecule has 0 bridgehead atoms. The molecule has 0 aliphatic rings. The maximum absolute atomic E-state index is 11.9. The summed E-state index contributed by atoms with van der Waals surface area (Å²) < 4.78 is 5.11. The Labute approximate surface area is 140 Å². The Balaban J connectivity index is 1.96. The van der Waals surface area contributed by atoms with Crippen LogP contribution < -0.4 is 11.1 Å². The Morgan fingerprint density at radius 3 is 2.08 bits per heavy atom. The Bertz CT molecular complexity index is 661. The number of aliphatic hydroxyl groups is 1. The van der Waals surface area contributed by atoms with Crippen molar-refractivity contribution >= 4 is 12.0 Å². The smallest absolute Gasteiger partial charge is 0.407 e. The quantitative estimate of drug-likeness (QED) is 0.714. The van der Waals surface area contributed by atoms with Gasteiger partial charge in [-0.3, -0.25) is 4.79 Å². The van der Waals surface area contributed by atoms with Gasteiger partial charge in [-0.1, -0.05) is 60.7 Å². The molecule has 0 spiro atoms. The Kier molecular flexibility index (Phi) is 6.33. The summed E-state index contributed by atoms with van der Waals surface area (Å²) in [5.41, 5.74) is 6.84. The molecule has 0 radical (unpaired) electrons. The van der Waals surface area contributed by atoms with Crippen LogP contribution in [0.5, 0.6) is 0 Å². The second-order valence-corrected chi connectivity index (χ2v) is 5.35. The van der Waals surface area contributed by atoms with Gasteiger partial charge in [-0.2, -0.15) is 0 Å². The molecule has 2 amide bonds. The lowest BCUT2D eigenvalue weighted by molar-refractivity contribution is -0.127. The number of amides is 2. The van der Waals surface area contributed by atoms with Crippen molar-refractivity contribution < 1.29 is 19.4 Å². The minimum absolute atomic E-state index is 0.0946. The van der Waals surface area contributed by atoms with E-state index in [0.29, 0.717) is 0 Å². The number of hydrogen-bond donors (Lipinski definition) is 3. The number of rotatable bonds is 7. The molecular formula is C18H20N2O4. The zero-order valence-electron chi connectivity index (χ0n) is 13.1. The second-order valence-electron chi connectivity index (χ2n) is 5.35. The first-order valence-corrected chi connectivity index (χ1v) is 7.55. The number of alkyl carbamates (subject to hydrolysis) is 1. The summed E-state index contributed by atoms with van der Waals surface area (Å²) in [6.45, 7) is 0.0946. The molecule has 0 aromatic heterocycles. The number of aliphatic hydroxyl groups excluding tert-OH is 1. The van der Waals surface area contributed by atoms with Crippen LogP contribution >= 0.6 is 0 Å². The molecule has 126 valence electrons. The summed E-state index contributed by atoms with van der Waals surface area (Å²) in [7, 11) is 0. The van der Waals surface area contributed by atoms with E-state index >= 15 is 0 Å². The Morgan fingerprint density at radius 2 is 1.54 bits per heavy atom. The van der Waals surface area contributed by atoms with Gasteiger partial charge < -0.3 is 20.9 Å². The monoisotopic (exact) mass is 328 g/mol. The molecule has 4 N–H and O–H groups in total. The van der Waals surface area contributed by atoms with Gasteiger partial charge in [0.15, 0.2) is 6.10 Å².